The smallest absolute Gasteiger partial charge is 0.253 e. The van der Waals surface area contributed by atoms with Crippen molar-refractivity contribution in [3.8, 4) is 0 Å². The Labute approximate surface area is 160 Å². The number of benzene rings is 1. The maximum absolute atomic E-state index is 13.1. The highest BCUT2D eigenvalue weighted by atomic mass is 32.2. The van der Waals surface area contributed by atoms with Crippen LogP contribution in [0, 0.1) is 0 Å². The molecule has 0 aliphatic carbocycles. The first kappa shape index (κ1) is 20.6. The number of amides is 1. The summed E-state index contributed by atoms with van der Waals surface area (Å²) in [5.41, 5.74) is 0.848. The van der Waals surface area contributed by atoms with Crippen LogP contribution in [0.25, 0.3) is 0 Å². The van der Waals surface area contributed by atoms with Crippen LogP contribution in [0.5, 0.6) is 0 Å². The molecule has 0 aliphatic heterocycles. The number of hydrogen-bond donors (Lipinski definition) is 0. The molecule has 1 amide bonds. The molecule has 0 unspecified atom stereocenters. The molecular weight excluding hydrogens is 368 g/mol. The van der Waals surface area contributed by atoms with Gasteiger partial charge in [0.15, 0.2) is 0 Å². The van der Waals surface area contributed by atoms with Crippen molar-refractivity contribution in [2.75, 3.05) is 6.54 Å². The van der Waals surface area contributed by atoms with E-state index in [0.29, 0.717) is 0 Å². The van der Waals surface area contributed by atoms with Gasteiger partial charge in [0.25, 0.3) is 10.0 Å². The molecule has 0 aliphatic rings. The molecule has 1 heterocycles. The number of hydrogen-bond acceptors (Lipinski definition) is 4. The summed E-state index contributed by atoms with van der Waals surface area (Å²) < 4.78 is 27.6. The van der Waals surface area contributed by atoms with Crippen molar-refractivity contribution in [3.05, 3.63) is 53.4 Å². The number of carbonyl (C=O) groups is 1. The van der Waals surface area contributed by atoms with Crippen molar-refractivity contribution in [2.45, 2.75) is 50.5 Å². The first-order valence-corrected chi connectivity index (χ1v) is 10.9. The van der Waals surface area contributed by atoms with E-state index in [9.17, 15) is 13.2 Å². The molecule has 0 spiro atoms. The molecule has 0 bridgehead atoms. The van der Waals surface area contributed by atoms with Gasteiger partial charge in [-0.3, -0.25) is 4.79 Å². The van der Waals surface area contributed by atoms with Gasteiger partial charge < -0.3 is 4.90 Å². The zero-order valence-corrected chi connectivity index (χ0v) is 17.3. The Morgan fingerprint density at radius 2 is 1.62 bits per heavy atom. The van der Waals surface area contributed by atoms with E-state index in [-0.39, 0.29) is 35.3 Å². The summed E-state index contributed by atoms with van der Waals surface area (Å²) in [6.45, 7) is 7.74. The Kier molecular flexibility index (Phi) is 6.97. The lowest BCUT2D eigenvalue weighted by Crippen LogP contribution is -2.48. The van der Waals surface area contributed by atoms with Gasteiger partial charge in [0, 0.05) is 18.6 Å². The normalized spacial score (nSPS) is 12.1. The van der Waals surface area contributed by atoms with Gasteiger partial charge in [0.05, 0.1) is 6.54 Å². The first-order valence-electron chi connectivity index (χ1n) is 8.62. The second kappa shape index (κ2) is 8.79. The van der Waals surface area contributed by atoms with E-state index in [1.54, 1.807) is 22.4 Å². The monoisotopic (exact) mass is 394 g/mol. The largest absolute Gasteiger partial charge is 0.337 e. The molecule has 2 rings (SSSR count). The van der Waals surface area contributed by atoms with Crippen LogP contribution in [0.15, 0.2) is 52.1 Å². The third-order valence-corrected chi connectivity index (χ3v) is 7.17. The summed E-state index contributed by atoms with van der Waals surface area (Å²) in [5, 5.41) is 1.73. The maximum atomic E-state index is 13.1. The van der Waals surface area contributed by atoms with Crippen LogP contribution in [0.1, 0.15) is 33.3 Å². The van der Waals surface area contributed by atoms with Crippen LogP contribution < -0.4 is 0 Å². The minimum Gasteiger partial charge on any atom is -0.337 e. The minimum absolute atomic E-state index is 0.00511. The van der Waals surface area contributed by atoms with Crippen molar-refractivity contribution in [1.82, 2.24) is 9.21 Å². The van der Waals surface area contributed by atoms with Crippen molar-refractivity contribution >= 4 is 27.3 Å². The van der Waals surface area contributed by atoms with Gasteiger partial charge in [-0.2, -0.15) is 4.31 Å². The summed E-state index contributed by atoms with van der Waals surface area (Å²) in [4.78, 5) is 14.6. The van der Waals surface area contributed by atoms with Gasteiger partial charge >= 0.3 is 0 Å². The highest BCUT2D eigenvalue weighted by Crippen LogP contribution is 2.23. The third-order valence-electron chi connectivity index (χ3n) is 4.00. The minimum atomic E-state index is -3.73. The second-order valence-corrected chi connectivity index (χ2v) is 9.79. The fourth-order valence-corrected chi connectivity index (χ4v) is 5.48. The molecule has 1 aromatic carbocycles. The average Bonchev–Trinajstić information content (AvgIpc) is 3.09. The molecule has 0 atom stereocenters. The van der Waals surface area contributed by atoms with Crippen LogP contribution in [0.4, 0.5) is 0 Å². The Bertz CT molecular complexity index is 793. The van der Waals surface area contributed by atoms with Crippen LogP contribution >= 0.6 is 11.3 Å². The highest BCUT2D eigenvalue weighted by Gasteiger charge is 2.30. The van der Waals surface area contributed by atoms with Crippen LogP contribution in [0.2, 0.25) is 0 Å². The predicted molar refractivity (Wildman–Crippen MR) is 105 cm³/mol. The fraction of sp³-hybridized carbons (Fsp3) is 0.421. The quantitative estimate of drug-likeness (QED) is 0.688. The molecular formula is C19H26N2O3S2. The Morgan fingerprint density at radius 1 is 1.00 bits per heavy atom. The summed E-state index contributed by atoms with van der Waals surface area (Å²) in [7, 11) is -3.73. The molecule has 142 valence electrons. The molecule has 7 heteroatoms. The molecule has 2 aromatic rings. The van der Waals surface area contributed by atoms with Gasteiger partial charge in [-0.15, -0.1) is 11.3 Å². The van der Waals surface area contributed by atoms with Gasteiger partial charge in [0.1, 0.15) is 4.21 Å². The zero-order chi connectivity index (χ0) is 19.3. The van der Waals surface area contributed by atoms with E-state index in [4.69, 9.17) is 0 Å². The van der Waals surface area contributed by atoms with E-state index in [1.165, 1.54) is 4.31 Å². The summed E-state index contributed by atoms with van der Waals surface area (Å²) in [6.07, 6.45) is 0. The molecule has 26 heavy (non-hydrogen) atoms. The van der Waals surface area contributed by atoms with E-state index in [1.807, 2.05) is 58.0 Å². The Morgan fingerprint density at radius 3 is 2.12 bits per heavy atom. The molecule has 1 aromatic heterocycles. The maximum Gasteiger partial charge on any atom is 0.253 e. The zero-order valence-electron chi connectivity index (χ0n) is 15.6. The number of carbonyl (C=O) groups excluding carboxylic acids is 1. The van der Waals surface area contributed by atoms with Crippen LogP contribution in [-0.2, 0) is 21.4 Å². The first-order chi connectivity index (χ1) is 12.2. The SMILES string of the molecule is CC(C)N(C(=O)CN(Cc1ccccc1)S(=O)(=O)c1cccs1)C(C)C. The number of nitrogens with zero attached hydrogens (tertiary/aromatic N) is 2. The summed E-state index contributed by atoms with van der Waals surface area (Å²) in [5.74, 6) is -0.189. The molecule has 0 saturated heterocycles. The van der Waals surface area contributed by atoms with E-state index < -0.39 is 10.0 Å². The van der Waals surface area contributed by atoms with E-state index >= 15 is 0 Å². The topological polar surface area (TPSA) is 57.7 Å². The second-order valence-electron chi connectivity index (χ2n) is 6.68. The molecule has 0 fully saturated rings. The number of sulfonamides is 1. The van der Waals surface area contributed by atoms with Gasteiger partial charge in [-0.1, -0.05) is 36.4 Å². The van der Waals surface area contributed by atoms with Gasteiger partial charge in [0.2, 0.25) is 5.91 Å². The van der Waals surface area contributed by atoms with Gasteiger partial charge in [-0.25, -0.2) is 8.42 Å². The molecule has 0 radical (unpaired) electrons. The summed E-state index contributed by atoms with van der Waals surface area (Å²) in [6, 6.07) is 12.6. The van der Waals surface area contributed by atoms with Crippen molar-refractivity contribution < 1.29 is 13.2 Å². The van der Waals surface area contributed by atoms with Crippen molar-refractivity contribution in [2.24, 2.45) is 0 Å². The Hall–Kier alpha value is -1.70. The lowest BCUT2D eigenvalue weighted by Gasteiger charge is -2.33. The average molecular weight is 395 g/mol. The lowest BCUT2D eigenvalue weighted by atomic mass is 10.2. The number of rotatable bonds is 8. The standard InChI is InChI=1S/C19H26N2O3S2/c1-15(2)21(16(3)4)18(22)14-20(13-17-9-6-5-7-10-17)26(23,24)19-11-8-12-25-19/h5-12,15-16H,13-14H2,1-4H3. The van der Waals surface area contributed by atoms with Crippen molar-refractivity contribution in [1.29, 1.82) is 0 Å². The summed E-state index contributed by atoms with van der Waals surface area (Å²) >= 11 is 1.16. The van der Waals surface area contributed by atoms with Crippen LogP contribution in [-0.4, -0.2) is 42.2 Å². The molecule has 0 N–H and O–H groups in total. The third kappa shape index (κ3) is 4.93. The van der Waals surface area contributed by atoms with Crippen LogP contribution in [0.3, 0.4) is 0 Å². The molecule has 5 nitrogen and oxygen atoms in total. The van der Waals surface area contributed by atoms with E-state index in [2.05, 4.69) is 0 Å². The van der Waals surface area contributed by atoms with Crippen molar-refractivity contribution in [3.63, 3.8) is 0 Å². The lowest BCUT2D eigenvalue weighted by molar-refractivity contribution is -0.135. The highest BCUT2D eigenvalue weighted by molar-refractivity contribution is 7.91. The predicted octanol–water partition coefficient (Wildman–Crippen LogP) is 3.58. The fourth-order valence-electron chi connectivity index (χ4n) is 2.96. The number of thiophene rings is 1. The van der Waals surface area contributed by atoms with Gasteiger partial charge in [-0.05, 0) is 44.7 Å². The molecule has 0 saturated carbocycles. The Balaban J connectivity index is 2.33. The van der Waals surface area contributed by atoms with E-state index in [0.717, 1.165) is 16.9 Å².